The van der Waals surface area contributed by atoms with E-state index in [4.69, 9.17) is 9.47 Å². The summed E-state index contributed by atoms with van der Waals surface area (Å²) in [5.74, 6) is 1.75. The number of hydrogen-bond donors (Lipinski definition) is 0. The van der Waals surface area contributed by atoms with Crippen molar-refractivity contribution < 1.29 is 14.3 Å². The number of esters is 1. The minimum atomic E-state index is -0.256. The van der Waals surface area contributed by atoms with Crippen molar-refractivity contribution in [1.29, 1.82) is 0 Å². The standard InChI is InChI=1S/C13H16O3S/c14-13(16-12-6-7-17-10-12)9-15-8-11-4-2-1-3-5-11/h1-5,12H,6-10H2/t12-/m1/s1. The lowest BCUT2D eigenvalue weighted by Gasteiger charge is -2.10. The molecule has 0 N–H and O–H groups in total. The predicted molar refractivity (Wildman–Crippen MR) is 67.9 cm³/mol. The summed E-state index contributed by atoms with van der Waals surface area (Å²) in [7, 11) is 0. The van der Waals surface area contributed by atoms with Gasteiger partial charge in [-0.05, 0) is 17.7 Å². The molecule has 3 nitrogen and oxygen atoms in total. The zero-order valence-electron chi connectivity index (χ0n) is 9.63. The summed E-state index contributed by atoms with van der Waals surface area (Å²) >= 11 is 1.83. The first-order valence-corrected chi connectivity index (χ1v) is 6.89. The van der Waals surface area contributed by atoms with Crippen molar-refractivity contribution in [2.24, 2.45) is 0 Å². The molecule has 1 saturated heterocycles. The smallest absolute Gasteiger partial charge is 0.332 e. The molecule has 1 aliphatic rings. The average Bonchev–Trinajstić information content (AvgIpc) is 2.83. The van der Waals surface area contributed by atoms with Gasteiger partial charge in [-0.1, -0.05) is 30.3 Å². The molecule has 0 saturated carbocycles. The van der Waals surface area contributed by atoms with E-state index in [1.54, 1.807) is 0 Å². The zero-order chi connectivity index (χ0) is 11.9. The van der Waals surface area contributed by atoms with Gasteiger partial charge in [0.15, 0.2) is 0 Å². The van der Waals surface area contributed by atoms with Gasteiger partial charge in [-0.2, -0.15) is 11.8 Å². The number of hydrogen-bond acceptors (Lipinski definition) is 4. The molecule has 92 valence electrons. The Bertz CT molecular complexity index is 347. The number of carbonyl (C=O) groups excluding carboxylic acids is 1. The SMILES string of the molecule is O=C(COCc1ccccc1)O[C@@H]1CCSC1. The van der Waals surface area contributed by atoms with E-state index in [1.165, 1.54) is 0 Å². The molecule has 1 heterocycles. The maximum atomic E-state index is 11.4. The van der Waals surface area contributed by atoms with E-state index in [0.29, 0.717) is 6.61 Å². The van der Waals surface area contributed by atoms with Crippen molar-refractivity contribution in [1.82, 2.24) is 0 Å². The van der Waals surface area contributed by atoms with Gasteiger partial charge in [-0.25, -0.2) is 4.79 Å². The van der Waals surface area contributed by atoms with Gasteiger partial charge in [0.25, 0.3) is 0 Å². The Kier molecular flexibility index (Phi) is 4.88. The Morgan fingerprint density at radius 3 is 2.88 bits per heavy atom. The second kappa shape index (κ2) is 6.67. The van der Waals surface area contributed by atoms with E-state index < -0.39 is 0 Å². The van der Waals surface area contributed by atoms with E-state index in [2.05, 4.69) is 0 Å². The first kappa shape index (κ1) is 12.5. The van der Waals surface area contributed by atoms with Crippen LogP contribution >= 0.6 is 11.8 Å². The minimum Gasteiger partial charge on any atom is -0.460 e. The molecule has 1 aromatic carbocycles. The molecule has 1 aromatic rings. The fourth-order valence-electron chi connectivity index (χ4n) is 1.65. The molecule has 0 aromatic heterocycles. The largest absolute Gasteiger partial charge is 0.460 e. The summed E-state index contributed by atoms with van der Waals surface area (Å²) in [6.07, 6.45) is 1.06. The average molecular weight is 252 g/mol. The third kappa shape index (κ3) is 4.40. The van der Waals surface area contributed by atoms with Crippen LogP contribution in [0.2, 0.25) is 0 Å². The number of carbonyl (C=O) groups is 1. The molecule has 1 fully saturated rings. The maximum absolute atomic E-state index is 11.4. The lowest BCUT2D eigenvalue weighted by molar-refractivity contribution is -0.153. The van der Waals surface area contributed by atoms with Gasteiger partial charge in [0, 0.05) is 5.75 Å². The van der Waals surface area contributed by atoms with Crippen LogP contribution in [0, 0.1) is 0 Å². The van der Waals surface area contributed by atoms with Gasteiger partial charge in [0.2, 0.25) is 0 Å². The van der Waals surface area contributed by atoms with E-state index in [9.17, 15) is 4.79 Å². The van der Waals surface area contributed by atoms with Gasteiger partial charge < -0.3 is 9.47 Å². The van der Waals surface area contributed by atoms with Gasteiger partial charge in [-0.3, -0.25) is 0 Å². The summed E-state index contributed by atoms with van der Waals surface area (Å²) < 4.78 is 10.6. The second-order valence-electron chi connectivity index (χ2n) is 3.95. The minimum absolute atomic E-state index is 0.0378. The first-order chi connectivity index (χ1) is 8.34. The van der Waals surface area contributed by atoms with Gasteiger partial charge in [0.1, 0.15) is 12.7 Å². The van der Waals surface area contributed by atoms with Crippen LogP contribution in [0.25, 0.3) is 0 Å². The van der Waals surface area contributed by atoms with Gasteiger partial charge >= 0.3 is 5.97 Å². The lowest BCUT2D eigenvalue weighted by atomic mass is 10.2. The molecule has 0 spiro atoms. The maximum Gasteiger partial charge on any atom is 0.332 e. The van der Waals surface area contributed by atoms with Crippen molar-refractivity contribution in [2.75, 3.05) is 18.1 Å². The monoisotopic (exact) mass is 252 g/mol. The first-order valence-electron chi connectivity index (χ1n) is 5.73. The molecular weight excluding hydrogens is 236 g/mol. The third-order valence-corrected chi connectivity index (χ3v) is 3.65. The summed E-state index contributed by atoms with van der Waals surface area (Å²) in [6.45, 7) is 0.491. The fraction of sp³-hybridized carbons (Fsp3) is 0.462. The summed E-state index contributed by atoms with van der Waals surface area (Å²) in [6, 6.07) is 9.80. The van der Waals surface area contributed by atoms with Crippen molar-refractivity contribution in [3.05, 3.63) is 35.9 Å². The quantitative estimate of drug-likeness (QED) is 0.753. The van der Waals surface area contributed by atoms with Crippen LogP contribution in [0.5, 0.6) is 0 Å². The molecule has 1 aliphatic heterocycles. The van der Waals surface area contributed by atoms with Crippen LogP contribution in [0.4, 0.5) is 0 Å². The number of ether oxygens (including phenoxy) is 2. The highest BCUT2D eigenvalue weighted by molar-refractivity contribution is 7.99. The van der Waals surface area contributed by atoms with Crippen LogP contribution in [-0.2, 0) is 20.9 Å². The molecule has 0 radical (unpaired) electrons. The molecule has 4 heteroatoms. The molecule has 2 rings (SSSR count). The Balaban J connectivity index is 1.63. The Morgan fingerprint density at radius 1 is 1.35 bits per heavy atom. The topological polar surface area (TPSA) is 35.5 Å². The number of benzene rings is 1. The Labute approximate surface area is 105 Å². The molecular formula is C13H16O3S. The highest BCUT2D eigenvalue weighted by Crippen LogP contribution is 2.19. The molecule has 0 amide bonds. The van der Waals surface area contributed by atoms with Crippen molar-refractivity contribution in [3.8, 4) is 0 Å². The van der Waals surface area contributed by atoms with E-state index in [0.717, 1.165) is 23.5 Å². The van der Waals surface area contributed by atoms with Crippen LogP contribution in [0.1, 0.15) is 12.0 Å². The van der Waals surface area contributed by atoms with Crippen LogP contribution in [-0.4, -0.2) is 30.2 Å². The molecule has 0 unspecified atom stereocenters. The highest BCUT2D eigenvalue weighted by atomic mass is 32.2. The summed E-state index contributed by atoms with van der Waals surface area (Å²) in [5, 5.41) is 0. The van der Waals surface area contributed by atoms with Crippen molar-refractivity contribution >= 4 is 17.7 Å². The normalized spacial score (nSPS) is 19.2. The predicted octanol–water partition coefficient (Wildman–Crippen LogP) is 2.25. The van der Waals surface area contributed by atoms with E-state index in [1.807, 2.05) is 42.1 Å². The van der Waals surface area contributed by atoms with E-state index in [-0.39, 0.29) is 18.7 Å². The second-order valence-corrected chi connectivity index (χ2v) is 5.10. The molecule has 0 aliphatic carbocycles. The molecule has 0 bridgehead atoms. The third-order valence-electron chi connectivity index (χ3n) is 2.52. The van der Waals surface area contributed by atoms with Crippen molar-refractivity contribution in [2.45, 2.75) is 19.1 Å². The van der Waals surface area contributed by atoms with E-state index >= 15 is 0 Å². The van der Waals surface area contributed by atoms with Crippen LogP contribution < -0.4 is 0 Å². The molecule has 1 atom stereocenters. The Morgan fingerprint density at radius 2 is 2.18 bits per heavy atom. The van der Waals surface area contributed by atoms with Crippen LogP contribution in [0.3, 0.4) is 0 Å². The Hall–Kier alpha value is -1.000. The number of rotatable bonds is 5. The fourth-order valence-corrected chi connectivity index (χ4v) is 2.75. The molecule has 17 heavy (non-hydrogen) atoms. The zero-order valence-corrected chi connectivity index (χ0v) is 10.4. The van der Waals surface area contributed by atoms with Crippen molar-refractivity contribution in [3.63, 3.8) is 0 Å². The summed E-state index contributed by atoms with van der Waals surface area (Å²) in [5.41, 5.74) is 1.07. The van der Waals surface area contributed by atoms with Gasteiger partial charge in [-0.15, -0.1) is 0 Å². The highest BCUT2D eigenvalue weighted by Gasteiger charge is 2.19. The summed E-state index contributed by atoms with van der Waals surface area (Å²) in [4.78, 5) is 11.4. The lowest BCUT2D eigenvalue weighted by Crippen LogP contribution is -2.21. The van der Waals surface area contributed by atoms with Crippen LogP contribution in [0.15, 0.2) is 30.3 Å². The number of thioether (sulfide) groups is 1. The van der Waals surface area contributed by atoms with Gasteiger partial charge in [0.05, 0.1) is 6.61 Å².